The average Bonchev–Trinajstić information content (AvgIpc) is 2.04. The van der Waals surface area contributed by atoms with Crippen LogP contribution in [0.5, 0.6) is 0 Å². The molecule has 0 amide bonds. The lowest BCUT2D eigenvalue weighted by atomic mass is 10.3. The Morgan fingerprint density at radius 2 is 2.25 bits per heavy atom. The van der Waals surface area contributed by atoms with Gasteiger partial charge in [0.1, 0.15) is 5.84 Å². The molecule has 12 heavy (non-hydrogen) atoms. The normalized spacial score (nSPS) is 15.6. The third kappa shape index (κ3) is 4.58. The van der Waals surface area contributed by atoms with Crippen LogP contribution in [-0.2, 0) is 0 Å². The van der Waals surface area contributed by atoms with Crippen LogP contribution in [0, 0.1) is 5.41 Å². The first kappa shape index (κ1) is 11.7. The Kier molecular flexibility index (Phi) is 6.14. The van der Waals surface area contributed by atoms with Crippen molar-refractivity contribution in [1.29, 1.82) is 5.41 Å². The predicted molar refractivity (Wildman–Crippen MR) is 51.5 cm³/mol. The molecule has 0 aliphatic rings. The van der Waals surface area contributed by atoms with Crippen LogP contribution in [0.3, 0.4) is 0 Å². The SMILES string of the molecule is CCC(SCC(O)CO)C(=N)N. The minimum Gasteiger partial charge on any atom is -0.394 e. The Morgan fingerprint density at radius 1 is 1.67 bits per heavy atom. The summed E-state index contributed by atoms with van der Waals surface area (Å²) >= 11 is 1.40. The van der Waals surface area contributed by atoms with Crippen LogP contribution >= 0.6 is 11.8 Å². The fourth-order valence-corrected chi connectivity index (χ4v) is 1.68. The summed E-state index contributed by atoms with van der Waals surface area (Å²) in [5.74, 6) is 0.557. The highest BCUT2D eigenvalue weighted by molar-refractivity contribution is 8.00. The number of amidine groups is 1. The van der Waals surface area contributed by atoms with Gasteiger partial charge in [-0.1, -0.05) is 6.92 Å². The van der Waals surface area contributed by atoms with Gasteiger partial charge in [0.25, 0.3) is 0 Å². The number of aliphatic hydroxyl groups is 2. The van der Waals surface area contributed by atoms with Gasteiger partial charge in [0.2, 0.25) is 0 Å². The van der Waals surface area contributed by atoms with Crippen LogP contribution in [0.15, 0.2) is 0 Å². The van der Waals surface area contributed by atoms with Gasteiger partial charge in [-0.15, -0.1) is 11.8 Å². The van der Waals surface area contributed by atoms with E-state index in [-0.39, 0.29) is 17.7 Å². The highest BCUT2D eigenvalue weighted by Crippen LogP contribution is 2.14. The molecule has 0 rings (SSSR count). The van der Waals surface area contributed by atoms with Crippen LogP contribution < -0.4 is 5.73 Å². The lowest BCUT2D eigenvalue weighted by Crippen LogP contribution is -2.26. The van der Waals surface area contributed by atoms with Gasteiger partial charge in [0.05, 0.1) is 18.0 Å². The quantitative estimate of drug-likeness (QED) is 0.346. The molecule has 0 heterocycles. The third-order valence-electron chi connectivity index (χ3n) is 1.42. The monoisotopic (exact) mass is 192 g/mol. The van der Waals surface area contributed by atoms with Crippen molar-refractivity contribution in [2.45, 2.75) is 24.7 Å². The molecule has 0 bridgehead atoms. The second-order valence-electron chi connectivity index (χ2n) is 2.52. The summed E-state index contributed by atoms with van der Waals surface area (Å²) < 4.78 is 0. The van der Waals surface area contributed by atoms with Gasteiger partial charge >= 0.3 is 0 Å². The first-order chi connectivity index (χ1) is 5.61. The zero-order valence-corrected chi connectivity index (χ0v) is 7.97. The van der Waals surface area contributed by atoms with Crippen LogP contribution in [-0.4, -0.2) is 39.8 Å². The van der Waals surface area contributed by atoms with Crippen LogP contribution in [0.4, 0.5) is 0 Å². The number of aliphatic hydroxyl groups excluding tert-OH is 2. The minimum absolute atomic E-state index is 0.0359. The molecule has 4 nitrogen and oxygen atoms in total. The lowest BCUT2D eigenvalue weighted by molar-refractivity contribution is 0.113. The van der Waals surface area contributed by atoms with Crippen molar-refractivity contribution in [3.63, 3.8) is 0 Å². The van der Waals surface area contributed by atoms with E-state index in [0.29, 0.717) is 5.75 Å². The maximum atomic E-state index is 9.00. The smallest absolute Gasteiger partial charge is 0.104 e. The fraction of sp³-hybridized carbons (Fsp3) is 0.857. The highest BCUT2D eigenvalue weighted by Gasteiger charge is 2.12. The molecule has 0 spiro atoms. The highest BCUT2D eigenvalue weighted by atomic mass is 32.2. The van der Waals surface area contributed by atoms with E-state index in [2.05, 4.69) is 0 Å². The Bertz CT molecular complexity index is 143. The number of nitrogens with one attached hydrogen (secondary N) is 1. The van der Waals surface area contributed by atoms with E-state index in [0.717, 1.165) is 6.42 Å². The van der Waals surface area contributed by atoms with E-state index in [4.69, 9.17) is 21.4 Å². The molecule has 0 saturated carbocycles. The van der Waals surface area contributed by atoms with Crippen molar-refractivity contribution in [2.24, 2.45) is 5.73 Å². The molecule has 0 aromatic rings. The molecule has 5 heteroatoms. The van der Waals surface area contributed by atoms with Gasteiger partial charge in [0, 0.05) is 5.75 Å². The Labute approximate surface area is 76.7 Å². The largest absolute Gasteiger partial charge is 0.394 e. The van der Waals surface area contributed by atoms with E-state index in [1.54, 1.807) is 0 Å². The molecule has 2 atom stereocenters. The van der Waals surface area contributed by atoms with Crippen LogP contribution in [0.25, 0.3) is 0 Å². The van der Waals surface area contributed by atoms with Gasteiger partial charge in [-0.25, -0.2) is 0 Å². The number of hydrogen-bond acceptors (Lipinski definition) is 4. The molecule has 72 valence electrons. The second-order valence-corrected chi connectivity index (χ2v) is 3.76. The summed E-state index contributed by atoms with van der Waals surface area (Å²) in [4.78, 5) is 0. The van der Waals surface area contributed by atoms with E-state index in [9.17, 15) is 0 Å². The Balaban J connectivity index is 3.65. The van der Waals surface area contributed by atoms with E-state index >= 15 is 0 Å². The standard InChI is InChI=1S/C7H16N2O2S/c1-2-6(7(8)9)12-4-5(11)3-10/h5-6,10-11H,2-4H2,1H3,(H3,8,9). The second kappa shape index (κ2) is 6.28. The maximum absolute atomic E-state index is 9.00. The van der Waals surface area contributed by atoms with Crippen molar-refractivity contribution in [1.82, 2.24) is 0 Å². The summed E-state index contributed by atoms with van der Waals surface area (Å²) in [7, 11) is 0. The summed E-state index contributed by atoms with van der Waals surface area (Å²) in [6.45, 7) is 1.70. The molecule has 0 saturated heterocycles. The molecule has 0 aliphatic carbocycles. The van der Waals surface area contributed by atoms with E-state index in [1.165, 1.54) is 11.8 Å². The summed E-state index contributed by atoms with van der Waals surface area (Å²) in [6, 6.07) is 0. The van der Waals surface area contributed by atoms with E-state index in [1.807, 2.05) is 6.92 Å². The molecular formula is C7H16N2O2S. The van der Waals surface area contributed by atoms with Gasteiger partial charge in [-0.05, 0) is 6.42 Å². The number of thioether (sulfide) groups is 1. The number of rotatable bonds is 6. The van der Waals surface area contributed by atoms with Crippen LogP contribution in [0.1, 0.15) is 13.3 Å². The molecular weight excluding hydrogens is 176 g/mol. The van der Waals surface area contributed by atoms with Gasteiger partial charge < -0.3 is 15.9 Å². The third-order valence-corrected chi connectivity index (χ3v) is 2.99. The predicted octanol–water partition coefficient (Wildman–Crippen LogP) is -0.213. The average molecular weight is 192 g/mol. The fourth-order valence-electron chi connectivity index (χ4n) is 0.707. The maximum Gasteiger partial charge on any atom is 0.104 e. The number of hydrogen-bond donors (Lipinski definition) is 4. The first-order valence-electron chi connectivity index (χ1n) is 3.86. The summed E-state index contributed by atoms with van der Waals surface area (Å²) in [5, 5.41) is 24.6. The topological polar surface area (TPSA) is 90.3 Å². The molecule has 2 unspecified atom stereocenters. The van der Waals surface area contributed by atoms with Gasteiger partial charge in [-0.3, -0.25) is 5.41 Å². The minimum atomic E-state index is -0.705. The van der Waals surface area contributed by atoms with Crippen molar-refractivity contribution >= 4 is 17.6 Å². The Hall–Kier alpha value is -0.260. The van der Waals surface area contributed by atoms with Crippen molar-refractivity contribution in [2.75, 3.05) is 12.4 Å². The summed E-state index contributed by atoms with van der Waals surface area (Å²) in [5.41, 5.74) is 5.29. The molecule has 0 fully saturated rings. The van der Waals surface area contributed by atoms with Crippen molar-refractivity contribution in [3.05, 3.63) is 0 Å². The van der Waals surface area contributed by atoms with Gasteiger partial charge in [0.15, 0.2) is 0 Å². The molecule has 0 radical (unpaired) electrons. The Morgan fingerprint density at radius 3 is 2.58 bits per heavy atom. The zero-order valence-electron chi connectivity index (χ0n) is 7.16. The molecule has 0 aliphatic heterocycles. The summed E-state index contributed by atoms with van der Waals surface area (Å²) in [6.07, 6.45) is 0.0708. The van der Waals surface area contributed by atoms with Gasteiger partial charge in [-0.2, -0.15) is 0 Å². The van der Waals surface area contributed by atoms with Crippen molar-refractivity contribution in [3.8, 4) is 0 Å². The molecule has 0 aromatic carbocycles. The first-order valence-corrected chi connectivity index (χ1v) is 4.91. The van der Waals surface area contributed by atoms with Crippen LogP contribution in [0.2, 0.25) is 0 Å². The zero-order chi connectivity index (χ0) is 9.56. The van der Waals surface area contributed by atoms with Crippen molar-refractivity contribution < 1.29 is 10.2 Å². The van der Waals surface area contributed by atoms with E-state index < -0.39 is 6.10 Å². The lowest BCUT2D eigenvalue weighted by Gasteiger charge is -2.14. The number of nitrogens with two attached hydrogens (primary N) is 1. The molecule has 0 aromatic heterocycles. The molecule has 5 N–H and O–H groups in total.